The van der Waals surface area contributed by atoms with E-state index in [9.17, 15) is 0 Å². The molecule has 2 unspecified atom stereocenters. The number of hydrogen-bond donors (Lipinski definition) is 2. The van der Waals surface area contributed by atoms with Crippen molar-refractivity contribution in [1.82, 2.24) is 10.6 Å². The summed E-state index contributed by atoms with van der Waals surface area (Å²) in [5.74, 6) is 2.70. The van der Waals surface area contributed by atoms with Crippen LogP contribution in [0.5, 0.6) is 0 Å². The highest BCUT2D eigenvalue weighted by Crippen LogP contribution is 2.27. The predicted octanol–water partition coefficient (Wildman–Crippen LogP) is 3.01. The van der Waals surface area contributed by atoms with E-state index in [4.69, 9.17) is 0 Å². The van der Waals surface area contributed by atoms with E-state index in [1.54, 1.807) is 0 Å². The molecule has 0 aromatic carbocycles. The van der Waals surface area contributed by atoms with Gasteiger partial charge in [-0.3, -0.25) is 4.99 Å². The van der Waals surface area contributed by atoms with Crippen LogP contribution in [0.1, 0.15) is 46.0 Å². The lowest BCUT2D eigenvalue weighted by atomic mass is 9.82. The lowest BCUT2D eigenvalue weighted by molar-refractivity contribution is 0.282. The summed E-state index contributed by atoms with van der Waals surface area (Å²) >= 11 is 0. The van der Waals surface area contributed by atoms with Gasteiger partial charge in [0, 0.05) is 20.1 Å². The lowest BCUT2D eigenvalue weighted by Crippen LogP contribution is -2.40. The molecule has 0 radical (unpaired) electrons. The van der Waals surface area contributed by atoms with Gasteiger partial charge in [0.15, 0.2) is 5.96 Å². The highest BCUT2D eigenvalue weighted by Gasteiger charge is 2.18. The van der Waals surface area contributed by atoms with Gasteiger partial charge in [0.25, 0.3) is 0 Å². The summed E-state index contributed by atoms with van der Waals surface area (Å²) in [7, 11) is 1.84. The van der Waals surface area contributed by atoms with Crippen LogP contribution in [0, 0.1) is 11.8 Å². The van der Waals surface area contributed by atoms with Gasteiger partial charge >= 0.3 is 0 Å². The van der Waals surface area contributed by atoms with Crippen LogP contribution in [0.15, 0.2) is 4.99 Å². The molecule has 4 heteroatoms. The Bertz CT molecular complexity index is 219. The molecule has 1 fully saturated rings. The quantitative estimate of drug-likeness (QED) is 0.463. The molecule has 0 spiro atoms. The second kappa shape index (κ2) is 9.97. The molecule has 17 heavy (non-hydrogen) atoms. The van der Waals surface area contributed by atoms with Crippen LogP contribution in [0.2, 0.25) is 0 Å². The Morgan fingerprint density at radius 3 is 2.65 bits per heavy atom. The summed E-state index contributed by atoms with van der Waals surface area (Å²) in [6, 6.07) is 0. The Morgan fingerprint density at radius 2 is 2.06 bits per heavy atom. The number of nitrogens with zero attached hydrogens (tertiary/aromatic N) is 1. The smallest absolute Gasteiger partial charge is 0.190 e. The van der Waals surface area contributed by atoms with E-state index in [-0.39, 0.29) is 24.0 Å². The first kappa shape index (κ1) is 17.0. The third kappa shape index (κ3) is 7.11. The van der Waals surface area contributed by atoms with Crippen molar-refractivity contribution in [2.24, 2.45) is 16.8 Å². The van der Waals surface area contributed by atoms with E-state index in [0.29, 0.717) is 0 Å². The number of guanidine groups is 1. The first-order chi connectivity index (χ1) is 7.76. The van der Waals surface area contributed by atoms with Crippen molar-refractivity contribution in [2.45, 2.75) is 46.0 Å². The van der Waals surface area contributed by atoms with Gasteiger partial charge in [-0.05, 0) is 31.1 Å². The van der Waals surface area contributed by atoms with Crippen LogP contribution in [-0.2, 0) is 0 Å². The standard InChI is InChI=1S/C13H27N3.HI/c1-4-8-15-13(14-3)16-10-12-7-5-6-11(2)9-12;/h11-12H,4-10H2,1-3H3,(H2,14,15,16);1H. The molecule has 0 aliphatic heterocycles. The second-order valence-electron chi connectivity index (χ2n) is 5.02. The lowest BCUT2D eigenvalue weighted by Gasteiger charge is -2.27. The highest BCUT2D eigenvalue weighted by molar-refractivity contribution is 14.0. The van der Waals surface area contributed by atoms with Crippen molar-refractivity contribution in [3.63, 3.8) is 0 Å². The Labute approximate surface area is 123 Å². The van der Waals surface area contributed by atoms with Crippen molar-refractivity contribution in [3.05, 3.63) is 0 Å². The molecule has 0 bridgehead atoms. The van der Waals surface area contributed by atoms with Crippen LogP contribution >= 0.6 is 24.0 Å². The van der Waals surface area contributed by atoms with Gasteiger partial charge in [0.1, 0.15) is 0 Å². The van der Waals surface area contributed by atoms with Crippen molar-refractivity contribution in [3.8, 4) is 0 Å². The molecular formula is C13H28IN3. The van der Waals surface area contributed by atoms with Gasteiger partial charge < -0.3 is 10.6 Å². The van der Waals surface area contributed by atoms with Crippen LogP contribution in [-0.4, -0.2) is 26.1 Å². The summed E-state index contributed by atoms with van der Waals surface area (Å²) in [5, 5.41) is 6.74. The van der Waals surface area contributed by atoms with E-state index < -0.39 is 0 Å². The zero-order valence-corrected chi connectivity index (χ0v) is 13.8. The summed E-state index contributed by atoms with van der Waals surface area (Å²) in [6.45, 7) is 6.62. The third-order valence-corrected chi connectivity index (χ3v) is 3.37. The first-order valence-electron chi connectivity index (χ1n) is 6.70. The normalized spacial score (nSPS) is 25.0. The average Bonchev–Trinajstić information content (AvgIpc) is 2.29. The highest BCUT2D eigenvalue weighted by atomic mass is 127. The second-order valence-corrected chi connectivity index (χ2v) is 5.02. The van der Waals surface area contributed by atoms with E-state index >= 15 is 0 Å². The van der Waals surface area contributed by atoms with Crippen LogP contribution in [0.3, 0.4) is 0 Å². The van der Waals surface area contributed by atoms with Crippen LogP contribution in [0.25, 0.3) is 0 Å². The van der Waals surface area contributed by atoms with Gasteiger partial charge in [-0.25, -0.2) is 0 Å². The molecule has 1 aliphatic carbocycles. The monoisotopic (exact) mass is 353 g/mol. The Kier molecular flexibility index (Phi) is 9.97. The molecule has 0 aromatic heterocycles. The Balaban J connectivity index is 0.00000256. The first-order valence-corrected chi connectivity index (χ1v) is 6.70. The van der Waals surface area contributed by atoms with Crippen molar-refractivity contribution in [2.75, 3.05) is 20.1 Å². The number of hydrogen-bond acceptors (Lipinski definition) is 1. The molecular weight excluding hydrogens is 325 g/mol. The molecule has 102 valence electrons. The molecule has 1 saturated carbocycles. The number of rotatable bonds is 4. The molecule has 2 atom stereocenters. The number of nitrogens with one attached hydrogen (secondary N) is 2. The molecule has 1 rings (SSSR count). The van der Waals surface area contributed by atoms with Crippen LogP contribution in [0.4, 0.5) is 0 Å². The van der Waals surface area contributed by atoms with Crippen molar-refractivity contribution >= 4 is 29.9 Å². The average molecular weight is 353 g/mol. The topological polar surface area (TPSA) is 36.4 Å². The largest absolute Gasteiger partial charge is 0.356 e. The fourth-order valence-corrected chi connectivity index (χ4v) is 2.45. The third-order valence-electron chi connectivity index (χ3n) is 3.37. The minimum Gasteiger partial charge on any atom is -0.356 e. The molecule has 0 heterocycles. The number of halogens is 1. The van der Waals surface area contributed by atoms with Gasteiger partial charge in [-0.2, -0.15) is 0 Å². The Morgan fingerprint density at radius 1 is 1.29 bits per heavy atom. The van der Waals surface area contributed by atoms with Gasteiger partial charge in [0.05, 0.1) is 0 Å². The van der Waals surface area contributed by atoms with Gasteiger partial charge in [-0.1, -0.05) is 26.7 Å². The molecule has 0 aromatic rings. The summed E-state index contributed by atoms with van der Waals surface area (Å²) < 4.78 is 0. The van der Waals surface area contributed by atoms with Gasteiger partial charge in [0.2, 0.25) is 0 Å². The van der Waals surface area contributed by atoms with Crippen molar-refractivity contribution in [1.29, 1.82) is 0 Å². The van der Waals surface area contributed by atoms with E-state index in [0.717, 1.165) is 37.3 Å². The maximum Gasteiger partial charge on any atom is 0.190 e. The summed E-state index contributed by atoms with van der Waals surface area (Å²) in [4.78, 5) is 4.22. The minimum atomic E-state index is 0. The van der Waals surface area contributed by atoms with E-state index in [1.165, 1.54) is 25.7 Å². The molecule has 0 saturated heterocycles. The fraction of sp³-hybridized carbons (Fsp3) is 0.923. The summed E-state index contributed by atoms with van der Waals surface area (Å²) in [6.07, 6.45) is 6.70. The number of aliphatic imine (C=N–C) groups is 1. The van der Waals surface area contributed by atoms with Crippen molar-refractivity contribution < 1.29 is 0 Å². The molecule has 1 aliphatic rings. The fourth-order valence-electron chi connectivity index (χ4n) is 2.45. The minimum absolute atomic E-state index is 0. The SMILES string of the molecule is CCCNC(=NC)NCC1CCCC(C)C1.I. The maximum atomic E-state index is 4.22. The zero-order valence-electron chi connectivity index (χ0n) is 11.5. The van der Waals surface area contributed by atoms with Crippen LogP contribution < -0.4 is 10.6 Å². The molecule has 0 amide bonds. The molecule has 3 nitrogen and oxygen atoms in total. The Hall–Kier alpha value is 0. The summed E-state index contributed by atoms with van der Waals surface area (Å²) in [5.41, 5.74) is 0. The molecule has 2 N–H and O–H groups in total. The van der Waals surface area contributed by atoms with E-state index in [1.807, 2.05) is 7.05 Å². The predicted molar refractivity (Wildman–Crippen MR) is 86.2 cm³/mol. The maximum absolute atomic E-state index is 4.22. The van der Waals surface area contributed by atoms with Gasteiger partial charge in [-0.15, -0.1) is 24.0 Å². The van der Waals surface area contributed by atoms with E-state index in [2.05, 4.69) is 29.5 Å². The zero-order chi connectivity index (χ0) is 11.8.